The van der Waals surface area contributed by atoms with Gasteiger partial charge in [-0.15, -0.1) is 0 Å². The van der Waals surface area contributed by atoms with Crippen LogP contribution < -0.4 is 10.6 Å². The predicted octanol–water partition coefficient (Wildman–Crippen LogP) is 1.70. The topological polar surface area (TPSA) is 48.9 Å². The minimum Gasteiger partial charge on any atom is -0.380 e. The van der Waals surface area contributed by atoms with E-state index in [0.29, 0.717) is 0 Å². The van der Waals surface area contributed by atoms with Crippen molar-refractivity contribution in [2.45, 2.75) is 39.0 Å². The van der Waals surface area contributed by atoms with Crippen molar-refractivity contribution in [2.24, 2.45) is 4.99 Å². The minimum absolute atomic E-state index is 0.725. The number of aliphatic imine (C=N–C) groups is 1. The first-order valence-electron chi connectivity index (χ1n) is 7.87. The fourth-order valence-corrected chi connectivity index (χ4v) is 1.90. The summed E-state index contributed by atoms with van der Waals surface area (Å²) in [7, 11) is 6.07. The zero-order valence-corrected chi connectivity index (χ0v) is 13.9. The van der Waals surface area contributed by atoms with E-state index in [-0.39, 0.29) is 0 Å². The van der Waals surface area contributed by atoms with E-state index in [9.17, 15) is 0 Å². The molecule has 0 aliphatic carbocycles. The number of ether oxygens (including phenoxy) is 1. The van der Waals surface area contributed by atoms with Gasteiger partial charge in [-0.3, -0.25) is 4.99 Å². The average Bonchev–Trinajstić information content (AvgIpc) is 2.43. The zero-order chi connectivity index (χ0) is 15.1. The second-order valence-electron chi connectivity index (χ2n) is 5.19. The van der Waals surface area contributed by atoms with Crippen LogP contribution in [0.25, 0.3) is 0 Å². The Balaban J connectivity index is 3.34. The lowest BCUT2D eigenvalue weighted by molar-refractivity contribution is 0.152. The summed E-state index contributed by atoms with van der Waals surface area (Å²) < 4.78 is 5.28. The Morgan fingerprint density at radius 2 is 1.65 bits per heavy atom. The normalized spacial score (nSPS) is 11.9. The van der Waals surface area contributed by atoms with Gasteiger partial charge in [0.25, 0.3) is 0 Å². The molecule has 0 heterocycles. The Hall–Kier alpha value is -0.810. The molecule has 0 aromatic carbocycles. The van der Waals surface area contributed by atoms with E-state index >= 15 is 0 Å². The van der Waals surface area contributed by atoms with Gasteiger partial charge in [-0.1, -0.05) is 19.3 Å². The highest BCUT2D eigenvalue weighted by Crippen LogP contribution is 2.02. The summed E-state index contributed by atoms with van der Waals surface area (Å²) in [6.07, 6.45) is 6.46. The highest BCUT2D eigenvalue weighted by atomic mass is 16.5. The first-order chi connectivity index (χ1) is 9.70. The summed E-state index contributed by atoms with van der Waals surface area (Å²) in [6.45, 7) is 6.49. The van der Waals surface area contributed by atoms with Crippen molar-refractivity contribution >= 4 is 5.96 Å². The first kappa shape index (κ1) is 19.2. The standard InChI is InChI=1S/C15H34N4O/c1-5-20-14-12-18-15(16-2)17-11-9-7-6-8-10-13-19(3)4/h5-14H2,1-4H3,(H2,16,17,18). The van der Waals surface area contributed by atoms with Crippen molar-refractivity contribution < 1.29 is 4.74 Å². The molecule has 120 valence electrons. The summed E-state index contributed by atoms with van der Waals surface area (Å²) >= 11 is 0. The van der Waals surface area contributed by atoms with E-state index in [1.165, 1.54) is 38.6 Å². The van der Waals surface area contributed by atoms with Crippen molar-refractivity contribution in [1.82, 2.24) is 15.5 Å². The number of unbranched alkanes of at least 4 members (excludes halogenated alkanes) is 4. The quantitative estimate of drug-likeness (QED) is 0.326. The van der Waals surface area contributed by atoms with E-state index in [1.807, 2.05) is 6.92 Å². The van der Waals surface area contributed by atoms with Gasteiger partial charge in [-0.25, -0.2) is 0 Å². The highest BCUT2D eigenvalue weighted by molar-refractivity contribution is 5.79. The highest BCUT2D eigenvalue weighted by Gasteiger charge is 1.97. The second kappa shape index (κ2) is 14.6. The van der Waals surface area contributed by atoms with Crippen LogP contribution in [0.5, 0.6) is 0 Å². The van der Waals surface area contributed by atoms with E-state index in [1.54, 1.807) is 7.05 Å². The molecule has 0 saturated carbocycles. The lowest BCUT2D eigenvalue weighted by Gasteiger charge is -2.12. The van der Waals surface area contributed by atoms with Crippen molar-refractivity contribution in [3.63, 3.8) is 0 Å². The van der Waals surface area contributed by atoms with Crippen LogP contribution in [-0.4, -0.2) is 64.9 Å². The van der Waals surface area contributed by atoms with Crippen LogP contribution in [-0.2, 0) is 4.74 Å². The molecule has 5 nitrogen and oxygen atoms in total. The van der Waals surface area contributed by atoms with Crippen LogP contribution in [0.2, 0.25) is 0 Å². The summed E-state index contributed by atoms with van der Waals surface area (Å²) in [4.78, 5) is 6.44. The molecule has 5 heteroatoms. The van der Waals surface area contributed by atoms with Crippen LogP contribution in [0.3, 0.4) is 0 Å². The third-order valence-corrected chi connectivity index (χ3v) is 3.04. The summed E-state index contributed by atoms with van der Waals surface area (Å²) in [5, 5.41) is 6.57. The van der Waals surface area contributed by atoms with Gasteiger partial charge in [0.2, 0.25) is 0 Å². The van der Waals surface area contributed by atoms with Gasteiger partial charge in [0.15, 0.2) is 5.96 Å². The van der Waals surface area contributed by atoms with Gasteiger partial charge in [0.05, 0.1) is 6.61 Å². The molecule has 0 bridgehead atoms. The molecule has 0 unspecified atom stereocenters. The monoisotopic (exact) mass is 286 g/mol. The maximum atomic E-state index is 5.28. The van der Waals surface area contributed by atoms with E-state index in [4.69, 9.17) is 4.74 Å². The Labute approximate surface area is 125 Å². The molecule has 0 atom stereocenters. The average molecular weight is 286 g/mol. The van der Waals surface area contributed by atoms with Crippen LogP contribution in [0.15, 0.2) is 4.99 Å². The lowest BCUT2D eigenvalue weighted by Crippen LogP contribution is -2.39. The maximum Gasteiger partial charge on any atom is 0.191 e. The molecule has 0 fully saturated rings. The maximum absolute atomic E-state index is 5.28. The zero-order valence-electron chi connectivity index (χ0n) is 13.9. The van der Waals surface area contributed by atoms with Crippen molar-refractivity contribution in [3.8, 4) is 0 Å². The predicted molar refractivity (Wildman–Crippen MR) is 87.5 cm³/mol. The number of guanidine groups is 1. The molecular formula is C15H34N4O. The Morgan fingerprint density at radius 3 is 2.30 bits per heavy atom. The fraction of sp³-hybridized carbons (Fsp3) is 0.933. The van der Waals surface area contributed by atoms with Crippen molar-refractivity contribution in [2.75, 3.05) is 54.0 Å². The van der Waals surface area contributed by atoms with E-state index in [2.05, 4.69) is 34.6 Å². The molecule has 0 aromatic heterocycles. The smallest absolute Gasteiger partial charge is 0.191 e. The molecule has 0 aromatic rings. The number of hydrogen-bond acceptors (Lipinski definition) is 3. The molecule has 2 N–H and O–H groups in total. The SMILES string of the molecule is CCOCCNC(=NC)NCCCCCCCN(C)C. The van der Waals surface area contributed by atoms with Gasteiger partial charge in [0, 0.05) is 26.7 Å². The number of rotatable bonds is 12. The summed E-state index contributed by atoms with van der Waals surface area (Å²) in [5.41, 5.74) is 0. The first-order valence-corrected chi connectivity index (χ1v) is 7.87. The van der Waals surface area contributed by atoms with Gasteiger partial charge in [-0.05, 0) is 40.4 Å². The third-order valence-electron chi connectivity index (χ3n) is 3.04. The van der Waals surface area contributed by atoms with Crippen LogP contribution >= 0.6 is 0 Å². The third kappa shape index (κ3) is 13.6. The molecular weight excluding hydrogens is 252 g/mol. The molecule has 0 spiro atoms. The Morgan fingerprint density at radius 1 is 1.00 bits per heavy atom. The van der Waals surface area contributed by atoms with Gasteiger partial charge < -0.3 is 20.3 Å². The van der Waals surface area contributed by atoms with Gasteiger partial charge >= 0.3 is 0 Å². The molecule has 0 rings (SSSR count). The van der Waals surface area contributed by atoms with E-state index < -0.39 is 0 Å². The van der Waals surface area contributed by atoms with E-state index in [0.717, 1.165) is 32.3 Å². The van der Waals surface area contributed by atoms with Crippen LogP contribution in [0, 0.1) is 0 Å². The van der Waals surface area contributed by atoms with Crippen molar-refractivity contribution in [3.05, 3.63) is 0 Å². The molecule has 0 aliphatic heterocycles. The number of nitrogens with zero attached hydrogens (tertiary/aromatic N) is 2. The largest absolute Gasteiger partial charge is 0.380 e. The Bertz CT molecular complexity index is 232. The van der Waals surface area contributed by atoms with Crippen molar-refractivity contribution in [1.29, 1.82) is 0 Å². The number of hydrogen-bond donors (Lipinski definition) is 2. The molecule has 0 saturated heterocycles. The lowest BCUT2D eigenvalue weighted by atomic mass is 10.1. The molecule has 20 heavy (non-hydrogen) atoms. The molecule has 0 radical (unpaired) electrons. The fourth-order valence-electron chi connectivity index (χ4n) is 1.90. The van der Waals surface area contributed by atoms with Gasteiger partial charge in [0.1, 0.15) is 0 Å². The molecule has 0 aliphatic rings. The van der Waals surface area contributed by atoms with Crippen LogP contribution in [0.4, 0.5) is 0 Å². The minimum atomic E-state index is 0.725. The van der Waals surface area contributed by atoms with Crippen LogP contribution in [0.1, 0.15) is 39.0 Å². The summed E-state index contributed by atoms with van der Waals surface area (Å²) in [5.74, 6) is 0.873. The number of nitrogens with one attached hydrogen (secondary N) is 2. The summed E-state index contributed by atoms with van der Waals surface area (Å²) in [6, 6.07) is 0. The van der Waals surface area contributed by atoms with Gasteiger partial charge in [-0.2, -0.15) is 0 Å². The Kier molecular flexibility index (Phi) is 14.0. The molecule has 0 amide bonds. The second-order valence-corrected chi connectivity index (χ2v) is 5.19.